The summed E-state index contributed by atoms with van der Waals surface area (Å²) in [6.07, 6.45) is 1.53. The first-order chi connectivity index (χ1) is 14.0. The minimum Gasteiger partial charge on any atom is -0.294 e. The monoisotopic (exact) mass is 450 g/mol. The molecule has 8 heteroatoms. The van der Waals surface area contributed by atoms with Crippen molar-refractivity contribution >= 4 is 31.2 Å². The predicted molar refractivity (Wildman–Crippen MR) is 115 cm³/mol. The Labute approximate surface area is 178 Å². The fraction of sp³-hybridized carbons (Fsp3) is 0.364. The topological polar surface area (TPSA) is 102 Å². The quantitative estimate of drug-likeness (QED) is 0.504. The van der Waals surface area contributed by atoms with Crippen LogP contribution in [0.5, 0.6) is 0 Å². The molecule has 0 radical (unpaired) electrons. The van der Waals surface area contributed by atoms with E-state index in [2.05, 4.69) is 0 Å². The molecule has 0 fully saturated rings. The molecule has 0 bridgehead atoms. The molecule has 30 heavy (non-hydrogen) atoms. The van der Waals surface area contributed by atoms with Crippen LogP contribution in [0.25, 0.3) is 0 Å². The van der Waals surface area contributed by atoms with Gasteiger partial charge in [0, 0.05) is 24.0 Å². The summed E-state index contributed by atoms with van der Waals surface area (Å²) in [6.45, 7) is 5.42. The third kappa shape index (κ3) is 5.86. The molecule has 0 saturated heterocycles. The summed E-state index contributed by atoms with van der Waals surface area (Å²) in [5.74, 6) is -0.581. The molecule has 0 N–H and O–H groups in total. The van der Waals surface area contributed by atoms with Gasteiger partial charge >= 0.3 is 0 Å². The van der Waals surface area contributed by atoms with Crippen molar-refractivity contribution in [3.8, 4) is 0 Å². The molecule has 6 nitrogen and oxygen atoms in total. The van der Waals surface area contributed by atoms with Gasteiger partial charge in [0.05, 0.1) is 9.79 Å². The van der Waals surface area contributed by atoms with Crippen molar-refractivity contribution in [1.82, 2.24) is 0 Å². The Morgan fingerprint density at radius 3 is 1.57 bits per heavy atom. The number of aryl methyl sites for hydroxylation is 1. The number of Topliss-reactive ketones (excluding diaryl/α,β-unsaturated/α-hetero) is 2. The van der Waals surface area contributed by atoms with Crippen LogP contribution in [0, 0.1) is 6.92 Å². The lowest BCUT2D eigenvalue weighted by Crippen LogP contribution is -2.18. The van der Waals surface area contributed by atoms with E-state index in [0.29, 0.717) is 12.8 Å². The zero-order chi connectivity index (χ0) is 22.5. The molecule has 2 aromatic rings. The summed E-state index contributed by atoms with van der Waals surface area (Å²) in [5.41, 5.74) is 1.05. The molecule has 0 unspecified atom stereocenters. The van der Waals surface area contributed by atoms with E-state index in [0.717, 1.165) is 5.56 Å². The van der Waals surface area contributed by atoms with E-state index < -0.39 is 24.8 Å². The molecule has 0 atom stereocenters. The summed E-state index contributed by atoms with van der Waals surface area (Å²) >= 11 is 0. The van der Waals surface area contributed by atoms with Gasteiger partial charge in [-0.05, 0) is 50.1 Å². The zero-order valence-electron chi connectivity index (χ0n) is 17.3. The molecule has 0 aliphatic heterocycles. The number of benzene rings is 2. The van der Waals surface area contributed by atoms with Crippen LogP contribution in [0.3, 0.4) is 0 Å². The predicted octanol–water partition coefficient (Wildman–Crippen LogP) is 4.17. The highest BCUT2D eigenvalue weighted by molar-refractivity contribution is 8.08. The lowest BCUT2D eigenvalue weighted by Gasteiger charge is -2.11. The zero-order valence-corrected chi connectivity index (χ0v) is 19.0. The summed E-state index contributed by atoms with van der Waals surface area (Å²) < 4.78 is 51.2. The number of sulfone groups is 2. The summed E-state index contributed by atoms with van der Waals surface area (Å²) in [5, 5.41) is -1.14. The second-order valence-corrected chi connectivity index (χ2v) is 11.6. The molecule has 2 rings (SSSR count). The van der Waals surface area contributed by atoms with Crippen molar-refractivity contribution in [2.24, 2.45) is 0 Å². The maximum atomic E-state index is 13.0. The van der Waals surface area contributed by atoms with E-state index in [4.69, 9.17) is 0 Å². The minimum absolute atomic E-state index is 0.0998. The average molecular weight is 451 g/mol. The van der Waals surface area contributed by atoms with Gasteiger partial charge in [0.25, 0.3) is 0 Å². The van der Waals surface area contributed by atoms with Gasteiger partial charge in [-0.3, -0.25) is 9.59 Å². The van der Waals surface area contributed by atoms with Crippen LogP contribution < -0.4 is 0 Å². The second kappa shape index (κ2) is 9.66. The normalized spacial score (nSPS) is 12.0. The maximum Gasteiger partial charge on any atom is 0.193 e. The van der Waals surface area contributed by atoms with Gasteiger partial charge in [-0.15, -0.1) is 0 Å². The maximum absolute atomic E-state index is 13.0. The fourth-order valence-electron chi connectivity index (χ4n) is 2.93. The Balaban J connectivity index is 2.52. The van der Waals surface area contributed by atoms with Crippen LogP contribution in [-0.2, 0) is 19.7 Å². The minimum atomic E-state index is -4.31. The summed E-state index contributed by atoms with van der Waals surface area (Å²) in [6, 6.07) is 9.62. The molecule has 0 heterocycles. The van der Waals surface area contributed by atoms with Crippen LogP contribution in [0.1, 0.15) is 65.8 Å². The Morgan fingerprint density at radius 2 is 1.13 bits per heavy atom. The Hall–Kier alpha value is -2.32. The van der Waals surface area contributed by atoms with Crippen molar-refractivity contribution < 1.29 is 26.4 Å². The number of carbonyl (C=O) groups excluding carboxylic acids is 2. The molecule has 0 saturated carbocycles. The van der Waals surface area contributed by atoms with Crippen LogP contribution >= 0.6 is 0 Å². The molecule has 0 spiro atoms. The highest BCUT2D eigenvalue weighted by Gasteiger charge is 2.27. The van der Waals surface area contributed by atoms with Gasteiger partial charge in [0.2, 0.25) is 0 Å². The first-order valence-corrected chi connectivity index (χ1v) is 13.0. The van der Waals surface area contributed by atoms with Crippen molar-refractivity contribution in [2.45, 2.75) is 56.2 Å². The number of ketones is 2. The van der Waals surface area contributed by atoms with Crippen molar-refractivity contribution in [3.05, 3.63) is 59.2 Å². The fourth-order valence-corrected chi connectivity index (χ4v) is 6.82. The molecule has 0 aromatic heterocycles. The molecule has 0 aliphatic carbocycles. The SMILES string of the molecule is CCCC(=O)c1cc(C(=O)CCC)cc(S(=O)(=O)CS(=O)(=O)c2ccc(C)cc2)c1. The third-order valence-corrected chi connectivity index (χ3v) is 8.98. The van der Waals surface area contributed by atoms with Gasteiger partial charge in [-0.1, -0.05) is 31.5 Å². The first-order valence-electron chi connectivity index (χ1n) is 9.74. The summed E-state index contributed by atoms with van der Waals surface area (Å²) in [7, 11) is -8.44. The van der Waals surface area contributed by atoms with Gasteiger partial charge in [-0.25, -0.2) is 16.8 Å². The molecular weight excluding hydrogens is 424 g/mol. The lowest BCUT2D eigenvalue weighted by molar-refractivity contribution is 0.0981. The van der Waals surface area contributed by atoms with Gasteiger partial charge in [0.15, 0.2) is 36.3 Å². The standard InChI is InChI=1S/C22H26O6S2/c1-4-6-21(23)17-12-18(22(24)7-5-2)14-20(13-17)30(27,28)15-29(25,26)19-10-8-16(3)9-11-19/h8-14H,4-7,15H2,1-3H3. The summed E-state index contributed by atoms with van der Waals surface area (Å²) in [4.78, 5) is 24.3. The van der Waals surface area contributed by atoms with E-state index in [-0.39, 0.29) is 45.3 Å². The Morgan fingerprint density at radius 1 is 0.700 bits per heavy atom. The molecular formula is C22H26O6S2. The van der Waals surface area contributed by atoms with Crippen LogP contribution in [-0.4, -0.2) is 33.5 Å². The molecule has 2 aromatic carbocycles. The van der Waals surface area contributed by atoms with Crippen LogP contribution in [0.2, 0.25) is 0 Å². The van der Waals surface area contributed by atoms with Crippen molar-refractivity contribution in [1.29, 1.82) is 0 Å². The van der Waals surface area contributed by atoms with E-state index >= 15 is 0 Å². The third-order valence-electron chi connectivity index (χ3n) is 4.55. The molecule has 162 valence electrons. The number of rotatable bonds is 10. The number of hydrogen-bond acceptors (Lipinski definition) is 6. The lowest BCUT2D eigenvalue weighted by atomic mass is 10.0. The largest absolute Gasteiger partial charge is 0.294 e. The molecule has 0 aliphatic rings. The Kier molecular flexibility index (Phi) is 7.71. The average Bonchev–Trinajstić information content (AvgIpc) is 2.67. The van der Waals surface area contributed by atoms with Crippen LogP contribution in [0.4, 0.5) is 0 Å². The highest BCUT2D eigenvalue weighted by Crippen LogP contribution is 2.23. The number of hydrogen-bond donors (Lipinski definition) is 0. The Bertz CT molecular complexity index is 1110. The van der Waals surface area contributed by atoms with Crippen LogP contribution in [0.15, 0.2) is 52.3 Å². The van der Waals surface area contributed by atoms with E-state index in [1.807, 2.05) is 13.8 Å². The van der Waals surface area contributed by atoms with E-state index in [1.54, 1.807) is 19.1 Å². The second-order valence-electron chi connectivity index (χ2n) is 7.25. The van der Waals surface area contributed by atoms with Gasteiger partial charge in [-0.2, -0.15) is 0 Å². The van der Waals surface area contributed by atoms with Crippen molar-refractivity contribution in [2.75, 3.05) is 5.08 Å². The molecule has 0 amide bonds. The van der Waals surface area contributed by atoms with E-state index in [9.17, 15) is 26.4 Å². The number of carbonyl (C=O) groups is 2. The van der Waals surface area contributed by atoms with Gasteiger partial charge in [0.1, 0.15) is 0 Å². The first kappa shape index (κ1) is 24.0. The van der Waals surface area contributed by atoms with Gasteiger partial charge < -0.3 is 0 Å². The van der Waals surface area contributed by atoms with E-state index in [1.165, 1.54) is 30.3 Å². The van der Waals surface area contributed by atoms with Crippen molar-refractivity contribution in [3.63, 3.8) is 0 Å². The highest BCUT2D eigenvalue weighted by atomic mass is 32.3. The smallest absolute Gasteiger partial charge is 0.193 e.